The van der Waals surface area contributed by atoms with Gasteiger partial charge in [0.2, 0.25) is 0 Å². The third-order valence-corrected chi connectivity index (χ3v) is 1.49. The van der Waals surface area contributed by atoms with E-state index in [1.807, 2.05) is 0 Å². The lowest BCUT2D eigenvalue weighted by Gasteiger charge is -2.16. The summed E-state index contributed by atoms with van der Waals surface area (Å²) in [5.41, 5.74) is 5.50. The van der Waals surface area contributed by atoms with Gasteiger partial charge in [0.05, 0.1) is 13.4 Å². The van der Waals surface area contributed by atoms with Crippen LogP contribution in [0.4, 0.5) is 5.88 Å². The molecule has 0 aromatic carbocycles. The first-order chi connectivity index (χ1) is 5.33. The third kappa shape index (κ3) is 0.783. The fourth-order valence-corrected chi connectivity index (χ4v) is 1.02. The maximum Gasteiger partial charge on any atom is 0.267 e. The lowest BCUT2D eigenvalue weighted by molar-refractivity contribution is 0.0710. The van der Waals surface area contributed by atoms with Crippen LogP contribution in [0.3, 0.4) is 0 Å². The van der Waals surface area contributed by atoms with E-state index in [0.717, 1.165) is 0 Å². The lowest BCUT2D eigenvalue weighted by Crippen LogP contribution is -2.41. The highest BCUT2D eigenvalue weighted by Gasteiger charge is 2.31. The second-order valence-electron chi connectivity index (χ2n) is 2.11. The summed E-state index contributed by atoms with van der Waals surface area (Å²) in [6.07, 6.45) is 0.915. The quantitative estimate of drug-likeness (QED) is 0.632. The van der Waals surface area contributed by atoms with Gasteiger partial charge in [-0.15, -0.1) is 0 Å². The molecule has 2 N–H and O–H groups in total. The number of nitrogens with two attached hydrogens (primary N) is 1. The van der Waals surface area contributed by atoms with Crippen LogP contribution in [0.1, 0.15) is 0 Å². The van der Waals surface area contributed by atoms with Crippen molar-refractivity contribution in [2.75, 3.05) is 12.2 Å². The Morgan fingerprint density at radius 2 is 2.55 bits per heavy atom. The van der Waals surface area contributed by atoms with Gasteiger partial charge in [-0.3, -0.25) is 10.6 Å². The number of furan rings is 1. The van der Waals surface area contributed by atoms with Gasteiger partial charge >= 0.3 is 0 Å². The molecule has 1 aromatic rings. The van der Waals surface area contributed by atoms with Gasteiger partial charge < -0.3 is 9.15 Å². The van der Waals surface area contributed by atoms with Gasteiger partial charge in [0.1, 0.15) is 0 Å². The first-order valence-electron chi connectivity index (χ1n) is 3.16. The molecule has 0 saturated heterocycles. The number of anilines is 1. The van der Waals surface area contributed by atoms with Gasteiger partial charge in [0.15, 0.2) is 5.75 Å². The Bertz CT molecular complexity index is 260. The predicted molar refractivity (Wildman–Crippen MR) is 36.8 cm³/mol. The second kappa shape index (κ2) is 2.14. The normalized spacial score (nSPS) is 21.6. The van der Waals surface area contributed by atoms with Crippen LogP contribution in [-0.2, 0) is 4.84 Å². The van der Waals surface area contributed by atoms with E-state index in [-0.39, 0.29) is 0 Å². The molecule has 1 unspecified atom stereocenters. The molecule has 0 radical (unpaired) electrons. The fourth-order valence-electron chi connectivity index (χ4n) is 1.02. The first-order valence-corrected chi connectivity index (χ1v) is 3.16. The lowest BCUT2D eigenvalue weighted by atomic mass is 10.6. The summed E-state index contributed by atoms with van der Waals surface area (Å²) in [6.45, 7) is 0. The van der Waals surface area contributed by atoms with Crippen LogP contribution < -0.4 is 15.5 Å². The number of nitrogens with zero attached hydrogens (tertiary/aromatic N) is 1. The number of hydrogen-bond acceptors (Lipinski definition) is 5. The number of hydrogen-bond donors (Lipinski definition) is 1. The summed E-state index contributed by atoms with van der Waals surface area (Å²) in [5.74, 6) is 1.12. The number of hydroxylamine groups is 1. The molecule has 1 aliphatic rings. The summed E-state index contributed by atoms with van der Waals surface area (Å²) in [7, 11) is 1.50. The van der Waals surface area contributed by atoms with Crippen LogP contribution in [0.15, 0.2) is 16.7 Å². The van der Waals surface area contributed by atoms with E-state index in [2.05, 4.69) is 0 Å². The summed E-state index contributed by atoms with van der Waals surface area (Å²) < 4.78 is 10.2. The maximum absolute atomic E-state index is 5.50. The number of rotatable bonds is 1. The Labute approximate surface area is 63.2 Å². The monoisotopic (exact) mass is 156 g/mol. The van der Waals surface area contributed by atoms with Crippen LogP contribution in [0.5, 0.6) is 5.75 Å². The highest BCUT2D eigenvalue weighted by molar-refractivity contribution is 5.51. The standard InChI is InChI=1S/C6H8N2O3/c1-9-8-5-4(2-3-10-5)11-6(8)7/h2-3,6H,7H2,1H3. The van der Waals surface area contributed by atoms with Crippen molar-refractivity contribution in [3.8, 4) is 5.75 Å². The molecule has 2 rings (SSSR count). The molecule has 2 heterocycles. The Morgan fingerprint density at radius 3 is 3.27 bits per heavy atom. The number of ether oxygens (including phenoxy) is 1. The fraction of sp³-hybridized carbons (Fsp3) is 0.333. The zero-order chi connectivity index (χ0) is 7.84. The van der Waals surface area contributed by atoms with E-state index in [1.165, 1.54) is 18.4 Å². The zero-order valence-electron chi connectivity index (χ0n) is 5.98. The molecule has 5 heteroatoms. The summed E-state index contributed by atoms with van der Waals surface area (Å²) >= 11 is 0. The van der Waals surface area contributed by atoms with Gasteiger partial charge in [0, 0.05) is 6.07 Å². The third-order valence-electron chi connectivity index (χ3n) is 1.49. The van der Waals surface area contributed by atoms with E-state index in [1.54, 1.807) is 6.07 Å². The second-order valence-corrected chi connectivity index (χ2v) is 2.11. The SMILES string of the molecule is CON1c2occc2OC1N. The van der Waals surface area contributed by atoms with Crippen LogP contribution in [-0.4, -0.2) is 13.5 Å². The van der Waals surface area contributed by atoms with Crippen molar-refractivity contribution < 1.29 is 14.0 Å². The summed E-state index contributed by atoms with van der Waals surface area (Å²) in [6, 6.07) is 1.69. The Hall–Kier alpha value is -1.20. The molecule has 0 aliphatic carbocycles. The summed E-state index contributed by atoms with van der Waals surface area (Å²) in [4.78, 5) is 4.90. The van der Waals surface area contributed by atoms with Crippen molar-refractivity contribution in [3.05, 3.63) is 12.3 Å². The van der Waals surface area contributed by atoms with Crippen molar-refractivity contribution in [2.45, 2.75) is 6.35 Å². The molecule has 0 fully saturated rings. The molecule has 1 aromatic heterocycles. The molecule has 0 bridgehead atoms. The Kier molecular flexibility index (Phi) is 1.27. The predicted octanol–water partition coefficient (Wildman–Crippen LogP) is 0.282. The molecular weight excluding hydrogens is 148 g/mol. The van der Waals surface area contributed by atoms with E-state index < -0.39 is 6.35 Å². The van der Waals surface area contributed by atoms with Gasteiger partial charge in [-0.25, -0.2) is 0 Å². The Morgan fingerprint density at radius 1 is 1.73 bits per heavy atom. The van der Waals surface area contributed by atoms with E-state index in [9.17, 15) is 0 Å². The van der Waals surface area contributed by atoms with Crippen LogP contribution in [0.25, 0.3) is 0 Å². The first kappa shape index (κ1) is 6.51. The molecule has 1 atom stereocenters. The molecule has 5 nitrogen and oxygen atoms in total. The van der Waals surface area contributed by atoms with E-state index in [0.29, 0.717) is 11.6 Å². The average Bonchev–Trinajstić information content (AvgIpc) is 2.46. The van der Waals surface area contributed by atoms with Gasteiger partial charge in [-0.2, -0.15) is 5.06 Å². The number of fused-ring (bicyclic) bond motifs is 1. The van der Waals surface area contributed by atoms with Gasteiger partial charge in [-0.05, 0) is 0 Å². The minimum Gasteiger partial charge on any atom is -0.449 e. The topological polar surface area (TPSA) is 60.9 Å². The van der Waals surface area contributed by atoms with Gasteiger partial charge in [0.25, 0.3) is 12.2 Å². The zero-order valence-corrected chi connectivity index (χ0v) is 5.98. The van der Waals surface area contributed by atoms with Crippen molar-refractivity contribution in [1.29, 1.82) is 0 Å². The molecule has 0 spiro atoms. The Balaban J connectivity index is 2.35. The highest BCUT2D eigenvalue weighted by Crippen LogP contribution is 2.36. The van der Waals surface area contributed by atoms with Crippen molar-refractivity contribution in [3.63, 3.8) is 0 Å². The molecule has 1 aliphatic heterocycles. The average molecular weight is 156 g/mol. The smallest absolute Gasteiger partial charge is 0.267 e. The van der Waals surface area contributed by atoms with Crippen LogP contribution in [0, 0.1) is 0 Å². The highest BCUT2D eigenvalue weighted by atomic mass is 16.7. The largest absolute Gasteiger partial charge is 0.449 e. The van der Waals surface area contributed by atoms with Gasteiger partial charge in [-0.1, -0.05) is 0 Å². The molecule has 11 heavy (non-hydrogen) atoms. The molecular formula is C6H8N2O3. The van der Waals surface area contributed by atoms with Crippen LogP contribution in [0.2, 0.25) is 0 Å². The van der Waals surface area contributed by atoms with E-state index >= 15 is 0 Å². The van der Waals surface area contributed by atoms with Crippen LogP contribution >= 0.6 is 0 Å². The van der Waals surface area contributed by atoms with Crippen molar-refractivity contribution >= 4 is 5.88 Å². The minimum absolute atomic E-state index is 0.514. The molecule has 60 valence electrons. The molecule has 0 amide bonds. The maximum atomic E-state index is 5.50. The van der Waals surface area contributed by atoms with Crippen molar-refractivity contribution in [1.82, 2.24) is 0 Å². The summed E-state index contributed by atoms with van der Waals surface area (Å²) in [5, 5.41) is 1.36. The van der Waals surface area contributed by atoms with E-state index in [4.69, 9.17) is 19.7 Å². The van der Waals surface area contributed by atoms with Crippen molar-refractivity contribution in [2.24, 2.45) is 5.73 Å². The molecule has 0 saturated carbocycles. The minimum atomic E-state index is -0.602.